The van der Waals surface area contributed by atoms with Crippen molar-refractivity contribution in [2.24, 2.45) is 0 Å². The Hall–Kier alpha value is -1.55. The normalized spacial score (nSPS) is 15.2. The molecule has 1 amide bonds. The highest BCUT2D eigenvalue weighted by Crippen LogP contribution is 2.34. The lowest BCUT2D eigenvalue weighted by atomic mass is 10.0. The second-order valence-corrected chi connectivity index (χ2v) is 5.53. The second-order valence-electron chi connectivity index (χ2n) is 5.27. The van der Waals surface area contributed by atoms with Crippen LogP contribution in [-0.2, 0) is 11.2 Å². The summed E-state index contributed by atoms with van der Waals surface area (Å²) in [6.07, 6.45) is 1.94. The Labute approximate surface area is 123 Å². The van der Waals surface area contributed by atoms with Crippen LogP contribution in [-0.4, -0.2) is 28.7 Å². The molecule has 0 fully saturated rings. The maximum Gasteiger partial charge on any atom is 0.227 e. The Bertz CT molecular complexity index is 554. The van der Waals surface area contributed by atoms with Gasteiger partial charge in [-0.25, -0.2) is 0 Å². The van der Waals surface area contributed by atoms with Crippen molar-refractivity contribution >= 4 is 29.0 Å². The number of carbonyl (C=O) groups excluding carboxylic acids is 2. The molecule has 1 heterocycles. The van der Waals surface area contributed by atoms with E-state index in [-0.39, 0.29) is 34.9 Å². The van der Waals surface area contributed by atoms with E-state index in [1.165, 1.54) is 6.07 Å². The number of carbonyl (C=O) groups is 2. The summed E-state index contributed by atoms with van der Waals surface area (Å²) in [6.45, 7) is 3.86. The van der Waals surface area contributed by atoms with Gasteiger partial charge >= 0.3 is 0 Å². The first-order chi connectivity index (χ1) is 9.45. The molecule has 1 N–H and O–H groups in total. The number of aromatic hydroxyl groups is 1. The van der Waals surface area contributed by atoms with Gasteiger partial charge in [0, 0.05) is 18.5 Å². The standard InChI is InChI=1S/C15H18ClNO3/c1-9(2)17-12-7-13(18)11(14(19)8-16)6-10(12)4-3-5-15(17)20/h6-7,9,18H,3-5,8H2,1-2H3. The maximum atomic E-state index is 12.2. The van der Waals surface area contributed by atoms with Crippen LogP contribution in [0.25, 0.3) is 0 Å². The monoisotopic (exact) mass is 295 g/mol. The number of anilines is 1. The number of rotatable bonds is 3. The highest BCUT2D eigenvalue weighted by Gasteiger charge is 2.26. The molecule has 0 unspecified atom stereocenters. The van der Waals surface area contributed by atoms with Crippen molar-refractivity contribution in [1.82, 2.24) is 0 Å². The average Bonchev–Trinajstić information content (AvgIpc) is 2.54. The fourth-order valence-electron chi connectivity index (χ4n) is 2.59. The van der Waals surface area contributed by atoms with Crippen molar-refractivity contribution < 1.29 is 14.7 Å². The minimum absolute atomic E-state index is 0.00771. The molecular weight excluding hydrogens is 278 g/mol. The Morgan fingerprint density at radius 2 is 2.10 bits per heavy atom. The lowest BCUT2D eigenvalue weighted by molar-refractivity contribution is -0.118. The number of nitrogens with zero attached hydrogens (tertiary/aromatic N) is 1. The molecule has 0 saturated heterocycles. The molecule has 2 rings (SSSR count). The van der Waals surface area contributed by atoms with E-state index in [1.807, 2.05) is 13.8 Å². The molecule has 0 atom stereocenters. The Balaban J connectivity index is 2.57. The molecule has 0 aromatic heterocycles. The van der Waals surface area contributed by atoms with Crippen LogP contribution in [0, 0.1) is 0 Å². The average molecular weight is 296 g/mol. The van der Waals surface area contributed by atoms with Gasteiger partial charge in [-0.3, -0.25) is 9.59 Å². The van der Waals surface area contributed by atoms with Gasteiger partial charge in [0.15, 0.2) is 5.78 Å². The highest BCUT2D eigenvalue weighted by molar-refractivity contribution is 6.30. The predicted molar refractivity (Wildman–Crippen MR) is 78.7 cm³/mol. The van der Waals surface area contributed by atoms with Gasteiger partial charge in [0.05, 0.1) is 17.1 Å². The highest BCUT2D eigenvalue weighted by atomic mass is 35.5. The van der Waals surface area contributed by atoms with Gasteiger partial charge in [-0.1, -0.05) is 0 Å². The largest absolute Gasteiger partial charge is 0.507 e. The SMILES string of the molecule is CC(C)N1C(=O)CCCc2cc(C(=O)CCl)c(O)cc21. The van der Waals surface area contributed by atoms with Gasteiger partial charge < -0.3 is 10.0 Å². The molecule has 108 valence electrons. The van der Waals surface area contributed by atoms with Gasteiger partial charge in [0.1, 0.15) is 5.75 Å². The molecular formula is C15H18ClNO3. The number of hydrogen-bond donors (Lipinski definition) is 1. The summed E-state index contributed by atoms with van der Waals surface area (Å²) in [5.41, 5.74) is 1.85. The zero-order valence-corrected chi connectivity index (χ0v) is 12.4. The molecule has 20 heavy (non-hydrogen) atoms. The number of Topliss-reactive ketones (excluding diaryl/α,β-unsaturated/α-hetero) is 1. The summed E-state index contributed by atoms with van der Waals surface area (Å²) < 4.78 is 0. The summed E-state index contributed by atoms with van der Waals surface area (Å²) in [5, 5.41) is 10.0. The molecule has 1 aromatic carbocycles. The van der Waals surface area contributed by atoms with E-state index in [9.17, 15) is 14.7 Å². The van der Waals surface area contributed by atoms with Gasteiger partial charge in [-0.05, 0) is 38.3 Å². The molecule has 5 heteroatoms. The fourth-order valence-corrected chi connectivity index (χ4v) is 2.74. The van der Waals surface area contributed by atoms with E-state index >= 15 is 0 Å². The smallest absolute Gasteiger partial charge is 0.227 e. The quantitative estimate of drug-likeness (QED) is 0.689. The van der Waals surface area contributed by atoms with E-state index in [4.69, 9.17) is 11.6 Å². The minimum atomic E-state index is -0.307. The number of benzene rings is 1. The molecule has 0 bridgehead atoms. The van der Waals surface area contributed by atoms with Crippen LogP contribution in [0.4, 0.5) is 5.69 Å². The van der Waals surface area contributed by atoms with E-state index in [0.29, 0.717) is 18.5 Å². The number of ketones is 1. The number of phenolic OH excluding ortho intramolecular Hbond substituents is 1. The third-order valence-electron chi connectivity index (χ3n) is 3.50. The van der Waals surface area contributed by atoms with Crippen molar-refractivity contribution in [1.29, 1.82) is 0 Å². The molecule has 1 aromatic rings. The first-order valence-electron chi connectivity index (χ1n) is 6.72. The molecule has 0 spiro atoms. The van der Waals surface area contributed by atoms with Crippen molar-refractivity contribution in [3.05, 3.63) is 23.3 Å². The lowest BCUT2D eigenvalue weighted by Gasteiger charge is -2.27. The number of alkyl halides is 1. The van der Waals surface area contributed by atoms with Crippen LogP contribution in [0.5, 0.6) is 5.75 Å². The Kier molecular flexibility index (Phi) is 4.33. The summed E-state index contributed by atoms with van der Waals surface area (Å²) >= 11 is 5.55. The van der Waals surface area contributed by atoms with Gasteiger partial charge in [-0.15, -0.1) is 11.6 Å². The van der Waals surface area contributed by atoms with E-state index in [2.05, 4.69) is 0 Å². The first-order valence-corrected chi connectivity index (χ1v) is 7.26. The van der Waals surface area contributed by atoms with Gasteiger partial charge in [0.2, 0.25) is 5.91 Å². The number of fused-ring (bicyclic) bond motifs is 1. The van der Waals surface area contributed by atoms with E-state index < -0.39 is 0 Å². The number of phenols is 1. The maximum absolute atomic E-state index is 12.2. The van der Waals surface area contributed by atoms with E-state index in [1.54, 1.807) is 11.0 Å². The topological polar surface area (TPSA) is 57.6 Å². The van der Waals surface area contributed by atoms with E-state index in [0.717, 1.165) is 12.0 Å². The number of amides is 1. The van der Waals surface area contributed by atoms with Crippen molar-refractivity contribution in [3.8, 4) is 5.75 Å². The van der Waals surface area contributed by atoms with Crippen molar-refractivity contribution in [3.63, 3.8) is 0 Å². The minimum Gasteiger partial charge on any atom is -0.507 e. The van der Waals surface area contributed by atoms with Crippen LogP contribution >= 0.6 is 11.6 Å². The number of hydrogen-bond acceptors (Lipinski definition) is 3. The van der Waals surface area contributed by atoms with Gasteiger partial charge in [0.25, 0.3) is 0 Å². The Morgan fingerprint density at radius 1 is 1.40 bits per heavy atom. The lowest BCUT2D eigenvalue weighted by Crippen LogP contribution is -2.36. The third kappa shape index (κ3) is 2.66. The number of halogens is 1. The van der Waals surface area contributed by atoms with Crippen molar-refractivity contribution in [2.45, 2.75) is 39.2 Å². The van der Waals surface area contributed by atoms with Gasteiger partial charge in [-0.2, -0.15) is 0 Å². The van der Waals surface area contributed by atoms with Crippen molar-refractivity contribution in [2.75, 3.05) is 10.8 Å². The molecule has 0 aliphatic carbocycles. The predicted octanol–water partition coefficient (Wildman–Crippen LogP) is 2.89. The zero-order valence-electron chi connectivity index (χ0n) is 11.6. The summed E-state index contributed by atoms with van der Waals surface area (Å²) in [6, 6.07) is 3.19. The van der Waals surface area contributed by atoms with Crippen LogP contribution in [0.15, 0.2) is 12.1 Å². The van der Waals surface area contributed by atoms with Crippen LogP contribution in [0.3, 0.4) is 0 Å². The summed E-state index contributed by atoms with van der Waals surface area (Å²) in [4.78, 5) is 25.6. The molecule has 4 nitrogen and oxygen atoms in total. The Morgan fingerprint density at radius 3 is 2.70 bits per heavy atom. The second kappa shape index (κ2) is 5.83. The number of aryl methyl sites for hydroxylation is 1. The fraction of sp³-hybridized carbons (Fsp3) is 0.467. The summed E-state index contributed by atoms with van der Waals surface area (Å²) in [5.74, 6) is -0.540. The molecule has 1 aliphatic rings. The molecule has 0 saturated carbocycles. The zero-order chi connectivity index (χ0) is 14.9. The third-order valence-corrected chi connectivity index (χ3v) is 3.74. The molecule has 1 aliphatic heterocycles. The summed E-state index contributed by atoms with van der Waals surface area (Å²) in [7, 11) is 0. The van der Waals surface area contributed by atoms with Crippen LogP contribution in [0.1, 0.15) is 42.6 Å². The van der Waals surface area contributed by atoms with Crippen LogP contribution in [0.2, 0.25) is 0 Å². The van der Waals surface area contributed by atoms with Crippen LogP contribution < -0.4 is 4.90 Å². The molecule has 0 radical (unpaired) electrons. The first kappa shape index (κ1) is 14.9.